The van der Waals surface area contributed by atoms with Crippen LogP contribution in [0, 0.1) is 5.92 Å². The van der Waals surface area contributed by atoms with E-state index < -0.39 is 0 Å². The highest BCUT2D eigenvalue weighted by molar-refractivity contribution is 5.40. The minimum atomic E-state index is 0.0270. The highest BCUT2D eigenvalue weighted by Crippen LogP contribution is 2.30. The third-order valence-corrected chi connectivity index (χ3v) is 3.26. The van der Waals surface area contributed by atoms with E-state index in [9.17, 15) is 0 Å². The number of rotatable bonds is 8. The molecule has 0 radical (unpaired) electrons. The number of hydrogen-bond donors (Lipinski definition) is 2. The second-order valence-electron chi connectivity index (χ2n) is 4.55. The summed E-state index contributed by atoms with van der Waals surface area (Å²) in [6.45, 7) is 2.84. The van der Waals surface area contributed by atoms with Crippen molar-refractivity contribution in [3.63, 3.8) is 0 Å². The van der Waals surface area contributed by atoms with Gasteiger partial charge in [0.25, 0.3) is 0 Å². The Kier molecular flexibility index (Phi) is 6.62. The van der Waals surface area contributed by atoms with E-state index in [1.807, 2.05) is 18.2 Å². The van der Waals surface area contributed by atoms with Crippen LogP contribution in [0.25, 0.3) is 0 Å². The first-order valence-electron chi connectivity index (χ1n) is 6.34. The molecule has 0 spiro atoms. The van der Waals surface area contributed by atoms with Crippen molar-refractivity contribution < 1.29 is 14.2 Å². The van der Waals surface area contributed by atoms with Crippen LogP contribution in [-0.4, -0.2) is 27.9 Å². The molecule has 5 nitrogen and oxygen atoms in total. The first kappa shape index (κ1) is 15.8. The zero-order chi connectivity index (χ0) is 14.3. The predicted octanol–water partition coefficient (Wildman–Crippen LogP) is 1.88. The van der Waals surface area contributed by atoms with E-state index in [-0.39, 0.29) is 6.04 Å². The molecule has 2 unspecified atom stereocenters. The van der Waals surface area contributed by atoms with Gasteiger partial charge in [-0.25, -0.2) is 0 Å². The second-order valence-corrected chi connectivity index (χ2v) is 4.55. The zero-order valence-electron chi connectivity index (χ0n) is 12.1. The Morgan fingerprint density at radius 2 is 1.68 bits per heavy atom. The molecule has 108 valence electrons. The Balaban J connectivity index is 2.96. The van der Waals surface area contributed by atoms with Crippen LogP contribution in [0.3, 0.4) is 0 Å². The molecule has 0 bridgehead atoms. The lowest BCUT2D eigenvalue weighted by atomic mass is 9.92. The van der Waals surface area contributed by atoms with E-state index in [4.69, 9.17) is 20.1 Å². The fourth-order valence-electron chi connectivity index (χ4n) is 2.07. The van der Waals surface area contributed by atoms with Crippen molar-refractivity contribution in [1.82, 2.24) is 5.43 Å². The first-order chi connectivity index (χ1) is 9.15. The zero-order valence-corrected chi connectivity index (χ0v) is 12.1. The normalized spacial score (nSPS) is 13.9. The molecule has 19 heavy (non-hydrogen) atoms. The van der Waals surface area contributed by atoms with Gasteiger partial charge in [-0.15, -0.1) is 0 Å². The molecule has 2 atom stereocenters. The second kappa shape index (κ2) is 7.99. The predicted molar refractivity (Wildman–Crippen MR) is 75.3 cm³/mol. The minimum Gasteiger partial charge on any atom is -0.497 e. The Labute approximate surface area is 115 Å². The molecule has 0 aromatic heterocycles. The SMILES string of the molecule is COCCC(C)C(NN)c1cc(OC)cc(OC)c1. The molecule has 0 aliphatic rings. The Morgan fingerprint density at radius 3 is 2.11 bits per heavy atom. The fourth-order valence-corrected chi connectivity index (χ4v) is 2.07. The summed E-state index contributed by atoms with van der Waals surface area (Å²) >= 11 is 0. The molecule has 1 rings (SSSR count). The van der Waals surface area contributed by atoms with Gasteiger partial charge in [0, 0.05) is 25.8 Å². The van der Waals surface area contributed by atoms with Crippen LogP contribution in [0.2, 0.25) is 0 Å². The van der Waals surface area contributed by atoms with Gasteiger partial charge in [0.2, 0.25) is 0 Å². The maximum Gasteiger partial charge on any atom is 0.122 e. The van der Waals surface area contributed by atoms with Crippen molar-refractivity contribution in [2.45, 2.75) is 19.4 Å². The van der Waals surface area contributed by atoms with Crippen LogP contribution in [0.5, 0.6) is 11.5 Å². The van der Waals surface area contributed by atoms with Crippen molar-refractivity contribution in [3.05, 3.63) is 23.8 Å². The lowest BCUT2D eigenvalue weighted by Gasteiger charge is -2.24. The van der Waals surface area contributed by atoms with Crippen molar-refractivity contribution in [2.75, 3.05) is 27.9 Å². The van der Waals surface area contributed by atoms with E-state index >= 15 is 0 Å². The topological polar surface area (TPSA) is 65.7 Å². The van der Waals surface area contributed by atoms with Crippen molar-refractivity contribution in [3.8, 4) is 11.5 Å². The third kappa shape index (κ3) is 4.38. The summed E-state index contributed by atoms with van der Waals surface area (Å²) in [4.78, 5) is 0. The molecule has 3 N–H and O–H groups in total. The van der Waals surface area contributed by atoms with E-state index in [0.717, 1.165) is 23.5 Å². The van der Waals surface area contributed by atoms with E-state index in [2.05, 4.69) is 12.3 Å². The lowest BCUT2D eigenvalue weighted by molar-refractivity contribution is 0.170. The summed E-state index contributed by atoms with van der Waals surface area (Å²) in [6.07, 6.45) is 0.922. The van der Waals surface area contributed by atoms with Gasteiger partial charge in [0.1, 0.15) is 11.5 Å². The van der Waals surface area contributed by atoms with Gasteiger partial charge in [-0.05, 0) is 30.0 Å². The van der Waals surface area contributed by atoms with Gasteiger partial charge in [0.15, 0.2) is 0 Å². The lowest BCUT2D eigenvalue weighted by Crippen LogP contribution is -2.33. The molecule has 0 aliphatic carbocycles. The van der Waals surface area contributed by atoms with Crippen LogP contribution < -0.4 is 20.7 Å². The summed E-state index contributed by atoms with van der Waals surface area (Å²) in [5, 5.41) is 0. The highest BCUT2D eigenvalue weighted by Gasteiger charge is 2.19. The van der Waals surface area contributed by atoms with Gasteiger partial charge >= 0.3 is 0 Å². The summed E-state index contributed by atoms with van der Waals surface area (Å²) in [6, 6.07) is 5.81. The number of nitrogens with one attached hydrogen (secondary N) is 1. The molecule has 1 aromatic rings. The molecule has 0 saturated heterocycles. The number of benzene rings is 1. The fraction of sp³-hybridized carbons (Fsp3) is 0.571. The summed E-state index contributed by atoms with van der Waals surface area (Å²) in [5.41, 5.74) is 3.91. The van der Waals surface area contributed by atoms with Gasteiger partial charge in [-0.3, -0.25) is 11.3 Å². The summed E-state index contributed by atoms with van der Waals surface area (Å²) < 4.78 is 15.7. The molecular weight excluding hydrogens is 244 g/mol. The molecule has 5 heteroatoms. The third-order valence-electron chi connectivity index (χ3n) is 3.26. The van der Waals surface area contributed by atoms with Gasteiger partial charge < -0.3 is 14.2 Å². The van der Waals surface area contributed by atoms with Crippen LogP contribution in [0.15, 0.2) is 18.2 Å². The molecule has 0 amide bonds. The summed E-state index contributed by atoms with van der Waals surface area (Å²) in [5.74, 6) is 7.54. The molecular formula is C14H24N2O3. The van der Waals surface area contributed by atoms with E-state index in [1.165, 1.54) is 0 Å². The monoisotopic (exact) mass is 268 g/mol. The molecule has 0 aliphatic heterocycles. The average molecular weight is 268 g/mol. The van der Waals surface area contributed by atoms with Crippen molar-refractivity contribution in [1.29, 1.82) is 0 Å². The highest BCUT2D eigenvalue weighted by atomic mass is 16.5. The maximum atomic E-state index is 5.69. The molecule has 0 saturated carbocycles. The number of ether oxygens (including phenoxy) is 3. The van der Waals surface area contributed by atoms with Crippen LogP contribution >= 0.6 is 0 Å². The van der Waals surface area contributed by atoms with Crippen LogP contribution in [0.1, 0.15) is 24.9 Å². The van der Waals surface area contributed by atoms with Crippen molar-refractivity contribution in [2.24, 2.45) is 11.8 Å². The Morgan fingerprint density at radius 1 is 1.11 bits per heavy atom. The first-order valence-corrected chi connectivity index (χ1v) is 6.34. The number of hydrazine groups is 1. The average Bonchev–Trinajstić information content (AvgIpc) is 2.45. The quantitative estimate of drug-likeness (QED) is 0.556. The number of methoxy groups -OCH3 is 3. The number of hydrogen-bond acceptors (Lipinski definition) is 5. The van der Waals surface area contributed by atoms with Gasteiger partial charge in [0.05, 0.1) is 14.2 Å². The largest absolute Gasteiger partial charge is 0.497 e. The number of nitrogens with two attached hydrogens (primary N) is 1. The van der Waals surface area contributed by atoms with Gasteiger partial charge in [-0.2, -0.15) is 0 Å². The van der Waals surface area contributed by atoms with Crippen LogP contribution in [-0.2, 0) is 4.74 Å². The van der Waals surface area contributed by atoms with E-state index in [1.54, 1.807) is 21.3 Å². The molecule has 0 fully saturated rings. The van der Waals surface area contributed by atoms with Crippen LogP contribution in [0.4, 0.5) is 0 Å². The molecule has 1 aromatic carbocycles. The summed E-state index contributed by atoms with van der Waals surface area (Å²) in [7, 11) is 4.97. The van der Waals surface area contributed by atoms with Gasteiger partial charge in [-0.1, -0.05) is 6.92 Å². The Bertz CT molecular complexity index is 363. The maximum absolute atomic E-state index is 5.69. The van der Waals surface area contributed by atoms with E-state index in [0.29, 0.717) is 12.5 Å². The smallest absolute Gasteiger partial charge is 0.122 e. The Hall–Kier alpha value is -1.30. The molecule has 0 heterocycles. The standard InChI is InChI=1S/C14H24N2O3/c1-10(5-6-17-2)14(16-15)11-7-12(18-3)9-13(8-11)19-4/h7-10,14,16H,5-6,15H2,1-4H3. The van der Waals surface area contributed by atoms with Crippen molar-refractivity contribution >= 4 is 0 Å². The minimum absolute atomic E-state index is 0.0270.